The van der Waals surface area contributed by atoms with Crippen LogP contribution in [0.3, 0.4) is 0 Å². The van der Waals surface area contributed by atoms with Crippen molar-refractivity contribution < 1.29 is 4.79 Å². The van der Waals surface area contributed by atoms with E-state index in [1.165, 1.54) is 19.3 Å². The van der Waals surface area contributed by atoms with Crippen molar-refractivity contribution in [3.05, 3.63) is 0 Å². The molecule has 2 fully saturated rings. The van der Waals surface area contributed by atoms with E-state index in [-0.39, 0.29) is 0 Å². The molecule has 1 heteroatoms. The van der Waals surface area contributed by atoms with Gasteiger partial charge in [0.25, 0.3) is 0 Å². The normalized spacial score (nSPS) is 43.8. The van der Waals surface area contributed by atoms with Crippen LogP contribution >= 0.6 is 0 Å². The molecule has 0 N–H and O–H groups in total. The summed E-state index contributed by atoms with van der Waals surface area (Å²) in [7, 11) is 0. The van der Waals surface area contributed by atoms with Crippen molar-refractivity contribution in [2.45, 2.75) is 25.7 Å². The molecule has 2 rings (SSSR count). The van der Waals surface area contributed by atoms with E-state index in [1.807, 2.05) is 0 Å². The zero-order valence-electron chi connectivity index (χ0n) is 4.89. The molecule has 0 aromatic carbocycles. The minimum atomic E-state index is 0.500. The minimum absolute atomic E-state index is 0.500. The first kappa shape index (κ1) is 4.54. The number of hydrogen-bond donors (Lipinski definition) is 0. The Morgan fingerprint density at radius 2 is 2.25 bits per heavy atom. The molecular formula is C7H10O. The maximum atomic E-state index is 10.8. The molecule has 8 heavy (non-hydrogen) atoms. The standard InChI is InChI=1S/C7H10O/c8-7-4-5-1-2-6(7)3-5/h5-6H,1-4H2/t5-,6-/m0/s1. The lowest BCUT2D eigenvalue weighted by Gasteiger charge is -2.04. The second-order valence-corrected chi connectivity index (χ2v) is 3.05. The van der Waals surface area contributed by atoms with Crippen LogP contribution in [-0.4, -0.2) is 5.78 Å². The molecule has 0 saturated heterocycles. The second kappa shape index (κ2) is 1.34. The summed E-state index contributed by atoms with van der Waals surface area (Å²) in [5.41, 5.74) is 0. The highest BCUT2D eigenvalue weighted by atomic mass is 16.1. The molecular weight excluding hydrogens is 100 g/mol. The number of carbonyl (C=O) groups excluding carboxylic acids is 1. The maximum absolute atomic E-state index is 10.8. The van der Waals surface area contributed by atoms with E-state index in [1.54, 1.807) is 0 Å². The predicted molar refractivity (Wildman–Crippen MR) is 30.5 cm³/mol. The highest BCUT2D eigenvalue weighted by molar-refractivity contribution is 5.84. The lowest BCUT2D eigenvalue weighted by Crippen LogP contribution is -2.07. The summed E-state index contributed by atoms with van der Waals surface area (Å²) < 4.78 is 0. The fraction of sp³-hybridized carbons (Fsp3) is 0.857. The third-order valence-electron chi connectivity index (χ3n) is 2.49. The lowest BCUT2D eigenvalue weighted by atomic mass is 10.00. The summed E-state index contributed by atoms with van der Waals surface area (Å²) in [5, 5.41) is 0. The van der Waals surface area contributed by atoms with Crippen LogP contribution in [0.1, 0.15) is 25.7 Å². The van der Waals surface area contributed by atoms with Crippen LogP contribution in [0.4, 0.5) is 0 Å². The first-order valence-electron chi connectivity index (χ1n) is 3.39. The van der Waals surface area contributed by atoms with Crippen LogP contribution in [0, 0.1) is 11.8 Å². The van der Waals surface area contributed by atoms with Crippen LogP contribution in [0.5, 0.6) is 0 Å². The topological polar surface area (TPSA) is 17.1 Å². The van der Waals surface area contributed by atoms with Gasteiger partial charge in [0, 0.05) is 12.3 Å². The highest BCUT2D eigenvalue weighted by Gasteiger charge is 2.37. The van der Waals surface area contributed by atoms with Crippen molar-refractivity contribution in [1.29, 1.82) is 0 Å². The van der Waals surface area contributed by atoms with Crippen LogP contribution < -0.4 is 0 Å². The number of hydrogen-bond acceptors (Lipinski definition) is 1. The fourth-order valence-corrected chi connectivity index (χ4v) is 2.00. The lowest BCUT2D eigenvalue weighted by molar-refractivity contribution is -0.121. The van der Waals surface area contributed by atoms with Gasteiger partial charge in [-0.05, 0) is 25.2 Å². The average molecular weight is 110 g/mol. The van der Waals surface area contributed by atoms with Crippen molar-refractivity contribution >= 4 is 5.78 Å². The van der Waals surface area contributed by atoms with Gasteiger partial charge in [-0.3, -0.25) is 4.79 Å². The maximum Gasteiger partial charge on any atom is 0.136 e. The Labute approximate surface area is 49.1 Å². The van der Waals surface area contributed by atoms with E-state index < -0.39 is 0 Å². The Balaban J connectivity index is 2.22. The molecule has 44 valence electrons. The molecule has 0 aliphatic heterocycles. The number of carbonyl (C=O) groups is 1. The minimum Gasteiger partial charge on any atom is -0.299 e. The first-order chi connectivity index (χ1) is 3.86. The molecule has 2 aliphatic rings. The zero-order valence-corrected chi connectivity index (χ0v) is 4.89. The molecule has 0 radical (unpaired) electrons. The summed E-state index contributed by atoms with van der Waals surface area (Å²) in [6.45, 7) is 0. The van der Waals surface area contributed by atoms with E-state index in [4.69, 9.17) is 0 Å². The third kappa shape index (κ3) is 0.445. The molecule has 0 unspecified atom stereocenters. The smallest absolute Gasteiger partial charge is 0.136 e. The van der Waals surface area contributed by atoms with E-state index >= 15 is 0 Å². The summed E-state index contributed by atoms with van der Waals surface area (Å²) in [5.74, 6) is 1.84. The van der Waals surface area contributed by atoms with Gasteiger partial charge in [0.05, 0.1) is 0 Å². The Bertz CT molecular complexity index is 128. The SMILES string of the molecule is O=C1C[C@H]2CC[C@H]1C2. The number of fused-ring (bicyclic) bond motifs is 2. The predicted octanol–water partition coefficient (Wildman–Crippen LogP) is 1.38. The number of ketones is 1. The molecule has 0 aromatic heterocycles. The molecule has 0 heterocycles. The van der Waals surface area contributed by atoms with Crippen molar-refractivity contribution in [2.75, 3.05) is 0 Å². The number of Topliss-reactive ketones (excluding diaryl/α,β-unsaturated/α-hetero) is 1. The van der Waals surface area contributed by atoms with Gasteiger partial charge in [0.1, 0.15) is 5.78 Å². The summed E-state index contributed by atoms with van der Waals surface area (Å²) in [6, 6.07) is 0. The van der Waals surface area contributed by atoms with E-state index in [2.05, 4.69) is 0 Å². The van der Waals surface area contributed by atoms with E-state index in [9.17, 15) is 4.79 Å². The van der Waals surface area contributed by atoms with Crippen molar-refractivity contribution in [2.24, 2.45) is 11.8 Å². The molecule has 1 nitrogen and oxygen atoms in total. The van der Waals surface area contributed by atoms with Gasteiger partial charge in [-0.2, -0.15) is 0 Å². The Hall–Kier alpha value is -0.330. The van der Waals surface area contributed by atoms with Crippen LogP contribution in [0.25, 0.3) is 0 Å². The van der Waals surface area contributed by atoms with E-state index in [0.717, 1.165) is 12.3 Å². The highest BCUT2D eigenvalue weighted by Crippen LogP contribution is 2.41. The summed E-state index contributed by atoms with van der Waals surface area (Å²) in [4.78, 5) is 10.8. The molecule has 2 saturated carbocycles. The van der Waals surface area contributed by atoms with Gasteiger partial charge >= 0.3 is 0 Å². The Kier molecular flexibility index (Phi) is 0.758. The fourth-order valence-electron chi connectivity index (χ4n) is 2.00. The van der Waals surface area contributed by atoms with Gasteiger partial charge in [-0.25, -0.2) is 0 Å². The quantitative estimate of drug-likeness (QED) is 0.460. The molecule has 2 bridgehead atoms. The zero-order chi connectivity index (χ0) is 5.56. The van der Waals surface area contributed by atoms with Gasteiger partial charge in [0.15, 0.2) is 0 Å². The molecule has 2 aliphatic carbocycles. The van der Waals surface area contributed by atoms with Crippen molar-refractivity contribution in [1.82, 2.24) is 0 Å². The monoisotopic (exact) mass is 110 g/mol. The first-order valence-corrected chi connectivity index (χ1v) is 3.39. The second-order valence-electron chi connectivity index (χ2n) is 3.05. The van der Waals surface area contributed by atoms with Gasteiger partial charge in [-0.15, -0.1) is 0 Å². The van der Waals surface area contributed by atoms with E-state index in [0.29, 0.717) is 11.7 Å². The average Bonchev–Trinajstić information content (AvgIpc) is 2.23. The van der Waals surface area contributed by atoms with Gasteiger partial charge < -0.3 is 0 Å². The van der Waals surface area contributed by atoms with Crippen LogP contribution in [-0.2, 0) is 4.79 Å². The van der Waals surface area contributed by atoms with Crippen molar-refractivity contribution in [3.63, 3.8) is 0 Å². The molecule has 2 atom stereocenters. The Morgan fingerprint density at radius 3 is 2.50 bits per heavy atom. The molecule has 0 spiro atoms. The van der Waals surface area contributed by atoms with Crippen LogP contribution in [0.2, 0.25) is 0 Å². The molecule has 0 aromatic rings. The Morgan fingerprint density at radius 1 is 1.38 bits per heavy atom. The third-order valence-corrected chi connectivity index (χ3v) is 2.49. The molecule has 0 amide bonds. The largest absolute Gasteiger partial charge is 0.299 e. The summed E-state index contributed by atoms with van der Waals surface area (Å²) >= 11 is 0. The van der Waals surface area contributed by atoms with Crippen LogP contribution in [0.15, 0.2) is 0 Å². The van der Waals surface area contributed by atoms with Gasteiger partial charge in [0.2, 0.25) is 0 Å². The van der Waals surface area contributed by atoms with Crippen molar-refractivity contribution in [3.8, 4) is 0 Å². The summed E-state index contributed by atoms with van der Waals surface area (Å²) in [6.07, 6.45) is 4.66. The number of rotatable bonds is 0. The van der Waals surface area contributed by atoms with Gasteiger partial charge in [-0.1, -0.05) is 0 Å².